The van der Waals surface area contributed by atoms with E-state index in [4.69, 9.17) is 0 Å². The molecule has 108 valence electrons. The Morgan fingerprint density at radius 1 is 1.37 bits per heavy atom. The fourth-order valence-electron chi connectivity index (χ4n) is 3.27. The quantitative estimate of drug-likeness (QED) is 0.753. The summed E-state index contributed by atoms with van der Waals surface area (Å²) >= 11 is 0. The van der Waals surface area contributed by atoms with Crippen LogP contribution in [0.4, 0.5) is 0 Å². The lowest BCUT2D eigenvalue weighted by molar-refractivity contribution is 0.154. The summed E-state index contributed by atoms with van der Waals surface area (Å²) in [6.45, 7) is 8.08. The molecule has 1 aromatic rings. The van der Waals surface area contributed by atoms with Crippen molar-refractivity contribution in [1.29, 1.82) is 0 Å². The van der Waals surface area contributed by atoms with E-state index in [9.17, 15) is 5.11 Å². The predicted octanol–water partition coefficient (Wildman–Crippen LogP) is 4.46. The first-order valence-corrected chi connectivity index (χ1v) is 7.89. The van der Waals surface area contributed by atoms with Crippen molar-refractivity contribution in [2.45, 2.75) is 78.4 Å². The second kappa shape index (κ2) is 6.13. The summed E-state index contributed by atoms with van der Waals surface area (Å²) in [7, 11) is 0. The molecule has 19 heavy (non-hydrogen) atoms. The van der Waals surface area contributed by atoms with Gasteiger partial charge in [-0.2, -0.15) is 0 Å². The van der Waals surface area contributed by atoms with Gasteiger partial charge in [0.15, 0.2) is 0 Å². The van der Waals surface area contributed by atoms with Crippen LogP contribution in [-0.2, 0) is 13.0 Å². The van der Waals surface area contributed by atoms with Crippen LogP contribution in [0.1, 0.15) is 76.7 Å². The van der Waals surface area contributed by atoms with Crippen molar-refractivity contribution in [3.8, 4) is 0 Å². The van der Waals surface area contributed by atoms with Gasteiger partial charge in [-0.3, -0.25) is 0 Å². The summed E-state index contributed by atoms with van der Waals surface area (Å²) in [6, 6.07) is 2.13. The zero-order valence-corrected chi connectivity index (χ0v) is 12.8. The van der Waals surface area contributed by atoms with Crippen LogP contribution in [-0.4, -0.2) is 9.67 Å². The summed E-state index contributed by atoms with van der Waals surface area (Å²) in [5.74, 6) is 0. The van der Waals surface area contributed by atoms with Gasteiger partial charge in [-0.25, -0.2) is 0 Å². The van der Waals surface area contributed by atoms with Gasteiger partial charge in [0.2, 0.25) is 0 Å². The largest absolute Gasteiger partial charge is 0.388 e. The Hall–Kier alpha value is -0.760. The molecule has 2 nitrogen and oxygen atoms in total. The van der Waals surface area contributed by atoms with Crippen LogP contribution in [0.5, 0.6) is 0 Å². The fourth-order valence-corrected chi connectivity index (χ4v) is 3.27. The second-order valence-corrected chi connectivity index (χ2v) is 6.88. The molecular formula is C17H29NO. The highest BCUT2D eigenvalue weighted by Gasteiger charge is 2.24. The van der Waals surface area contributed by atoms with E-state index in [1.807, 2.05) is 0 Å². The zero-order chi connectivity index (χ0) is 13.9. The van der Waals surface area contributed by atoms with E-state index in [0.29, 0.717) is 5.41 Å². The average molecular weight is 263 g/mol. The van der Waals surface area contributed by atoms with Gasteiger partial charge >= 0.3 is 0 Å². The maximum atomic E-state index is 10.0. The van der Waals surface area contributed by atoms with Gasteiger partial charge in [0.25, 0.3) is 0 Å². The Labute approximate surface area is 117 Å². The Morgan fingerprint density at radius 2 is 2.16 bits per heavy atom. The van der Waals surface area contributed by atoms with Gasteiger partial charge in [-0.1, -0.05) is 40.0 Å². The van der Waals surface area contributed by atoms with Gasteiger partial charge in [-0.15, -0.1) is 0 Å². The number of aromatic nitrogens is 1. The monoisotopic (exact) mass is 263 g/mol. The number of hydrogen-bond donors (Lipinski definition) is 1. The van der Waals surface area contributed by atoms with Crippen LogP contribution in [0.25, 0.3) is 0 Å². The Balaban J connectivity index is 2.03. The molecule has 0 aromatic carbocycles. The summed E-state index contributed by atoms with van der Waals surface area (Å²) in [4.78, 5) is 0. The fraction of sp³-hybridized carbons (Fsp3) is 0.765. The molecule has 0 saturated heterocycles. The molecule has 0 amide bonds. The van der Waals surface area contributed by atoms with E-state index in [2.05, 4.69) is 37.6 Å². The molecular weight excluding hydrogens is 234 g/mol. The summed E-state index contributed by atoms with van der Waals surface area (Å²) < 4.78 is 2.39. The Morgan fingerprint density at radius 3 is 2.89 bits per heavy atom. The van der Waals surface area contributed by atoms with Crippen LogP contribution in [0.3, 0.4) is 0 Å². The number of rotatable bonds is 6. The lowest BCUT2D eigenvalue weighted by Gasteiger charge is -2.28. The van der Waals surface area contributed by atoms with Gasteiger partial charge < -0.3 is 9.67 Å². The Kier molecular flexibility index (Phi) is 4.72. The molecule has 0 saturated carbocycles. The summed E-state index contributed by atoms with van der Waals surface area (Å²) in [6.07, 6.45) is 10.4. The summed E-state index contributed by atoms with van der Waals surface area (Å²) in [5.41, 5.74) is 2.91. The number of aliphatic hydroxyl groups excluding tert-OH is 1. The molecule has 0 fully saturated rings. The Bertz CT molecular complexity index is 405. The maximum absolute atomic E-state index is 10.0. The third-order valence-corrected chi connectivity index (χ3v) is 4.42. The minimum atomic E-state index is -0.229. The van der Waals surface area contributed by atoms with E-state index in [-0.39, 0.29) is 6.10 Å². The lowest BCUT2D eigenvalue weighted by Crippen LogP contribution is -2.22. The molecule has 0 radical (unpaired) electrons. The SMILES string of the molecule is CCCCCC(C)(C)Cn1ccc2c1CCCC2O. The topological polar surface area (TPSA) is 25.2 Å². The number of fused-ring (bicyclic) bond motifs is 1. The molecule has 0 spiro atoms. The second-order valence-electron chi connectivity index (χ2n) is 6.88. The standard InChI is InChI=1S/C17H29NO/c1-4-5-6-11-17(2,3)13-18-12-10-14-15(18)8-7-9-16(14)19/h10,12,16,19H,4-9,11,13H2,1-3H3. The van der Waals surface area contributed by atoms with Gasteiger partial charge in [-0.05, 0) is 37.2 Å². The first kappa shape index (κ1) is 14.6. The highest BCUT2D eigenvalue weighted by atomic mass is 16.3. The van der Waals surface area contributed by atoms with Gasteiger partial charge in [0.1, 0.15) is 0 Å². The highest BCUT2D eigenvalue weighted by molar-refractivity contribution is 5.27. The van der Waals surface area contributed by atoms with Crippen LogP contribution >= 0.6 is 0 Å². The average Bonchev–Trinajstić information content (AvgIpc) is 2.74. The molecule has 1 aliphatic carbocycles. The highest BCUT2D eigenvalue weighted by Crippen LogP contribution is 2.33. The number of aliphatic hydroxyl groups is 1. The van der Waals surface area contributed by atoms with Crippen molar-refractivity contribution in [2.24, 2.45) is 5.41 Å². The smallest absolute Gasteiger partial charge is 0.0807 e. The molecule has 1 aromatic heterocycles. The zero-order valence-electron chi connectivity index (χ0n) is 12.8. The maximum Gasteiger partial charge on any atom is 0.0807 e. The van der Waals surface area contributed by atoms with Crippen molar-refractivity contribution in [3.05, 3.63) is 23.5 Å². The molecule has 2 heteroatoms. The molecule has 0 aliphatic heterocycles. The minimum absolute atomic E-state index is 0.229. The number of nitrogens with zero attached hydrogens (tertiary/aromatic N) is 1. The molecule has 0 bridgehead atoms. The third-order valence-electron chi connectivity index (χ3n) is 4.42. The minimum Gasteiger partial charge on any atom is -0.388 e. The van der Waals surface area contributed by atoms with E-state index in [1.165, 1.54) is 36.9 Å². The molecule has 1 aliphatic rings. The molecule has 1 heterocycles. The van der Waals surface area contributed by atoms with Crippen molar-refractivity contribution in [3.63, 3.8) is 0 Å². The molecule has 1 unspecified atom stereocenters. The first-order chi connectivity index (χ1) is 9.03. The number of unbranched alkanes of at least 4 members (excludes halogenated alkanes) is 2. The molecule has 1 atom stereocenters. The van der Waals surface area contributed by atoms with E-state index < -0.39 is 0 Å². The van der Waals surface area contributed by atoms with E-state index >= 15 is 0 Å². The normalized spacial score (nSPS) is 19.5. The number of hydrogen-bond acceptors (Lipinski definition) is 1. The van der Waals surface area contributed by atoms with Crippen molar-refractivity contribution in [2.75, 3.05) is 0 Å². The van der Waals surface area contributed by atoms with Crippen molar-refractivity contribution < 1.29 is 5.11 Å². The van der Waals surface area contributed by atoms with E-state index in [0.717, 1.165) is 25.8 Å². The van der Waals surface area contributed by atoms with E-state index in [1.54, 1.807) is 0 Å². The first-order valence-electron chi connectivity index (χ1n) is 7.89. The van der Waals surface area contributed by atoms with Gasteiger partial charge in [0, 0.05) is 24.0 Å². The van der Waals surface area contributed by atoms with Crippen molar-refractivity contribution >= 4 is 0 Å². The van der Waals surface area contributed by atoms with Gasteiger partial charge in [0.05, 0.1) is 6.10 Å². The van der Waals surface area contributed by atoms with Crippen molar-refractivity contribution in [1.82, 2.24) is 4.57 Å². The van der Waals surface area contributed by atoms with Crippen LogP contribution in [0, 0.1) is 5.41 Å². The third kappa shape index (κ3) is 3.62. The van der Waals surface area contributed by atoms with Crippen LogP contribution in [0.15, 0.2) is 12.3 Å². The van der Waals surface area contributed by atoms with Crippen LogP contribution in [0.2, 0.25) is 0 Å². The predicted molar refractivity (Wildman–Crippen MR) is 80.3 cm³/mol. The van der Waals surface area contributed by atoms with Crippen LogP contribution < -0.4 is 0 Å². The molecule has 2 rings (SSSR count). The molecule has 1 N–H and O–H groups in total. The summed E-state index contributed by atoms with van der Waals surface area (Å²) in [5, 5.41) is 10.0. The lowest BCUT2D eigenvalue weighted by atomic mass is 9.86.